The van der Waals surface area contributed by atoms with E-state index in [2.05, 4.69) is 15.9 Å². The smallest absolute Gasteiger partial charge is 0.0698 e. The Hall–Kier alpha value is 0.630. The monoisotopic (exact) mass is 270 g/mol. The number of hydrogen-bond donors (Lipinski definition) is 0. The Morgan fingerprint density at radius 2 is 2.00 bits per heavy atom. The fourth-order valence-corrected chi connectivity index (χ4v) is 2.54. The number of benzene rings is 1. The number of hydrogen-bond acceptors (Lipinski definition) is 1. The summed E-state index contributed by atoms with van der Waals surface area (Å²) < 4.78 is 0.882. The highest BCUT2D eigenvalue weighted by Crippen LogP contribution is 2.37. The molecule has 4 heteroatoms. The zero-order valence-electron chi connectivity index (χ0n) is 5.70. The fourth-order valence-electron chi connectivity index (χ4n) is 0.696. The molecule has 0 aliphatic carbocycles. The Morgan fingerprint density at radius 3 is 2.45 bits per heavy atom. The van der Waals surface area contributed by atoms with Crippen LogP contribution in [0, 0.1) is 0 Å². The molecule has 11 heavy (non-hydrogen) atoms. The molecule has 0 radical (unpaired) electrons. The lowest BCUT2D eigenvalue weighted by Crippen LogP contribution is -1.76. The van der Waals surface area contributed by atoms with E-state index in [0.29, 0.717) is 10.0 Å². The lowest BCUT2D eigenvalue weighted by Gasteiger charge is -2.03. The van der Waals surface area contributed by atoms with Gasteiger partial charge in [0.05, 0.1) is 10.0 Å². The first-order valence-electron chi connectivity index (χ1n) is 2.84. The summed E-state index contributed by atoms with van der Waals surface area (Å²) in [4.78, 5) is 0.919. The molecule has 1 rings (SSSR count). The minimum absolute atomic E-state index is 0.685. The zero-order valence-corrected chi connectivity index (χ0v) is 9.61. The molecule has 0 heterocycles. The van der Waals surface area contributed by atoms with Gasteiger partial charge in [0.1, 0.15) is 0 Å². The van der Waals surface area contributed by atoms with E-state index in [1.807, 2.05) is 18.4 Å². The molecule has 1 aromatic rings. The second kappa shape index (κ2) is 4.04. The molecular formula is C7H5BrCl2S. The van der Waals surface area contributed by atoms with Gasteiger partial charge in [-0.15, -0.1) is 11.8 Å². The maximum absolute atomic E-state index is 5.95. The van der Waals surface area contributed by atoms with Gasteiger partial charge in [0.25, 0.3) is 0 Å². The third-order valence-corrected chi connectivity index (χ3v) is 3.86. The first-order chi connectivity index (χ1) is 5.16. The van der Waals surface area contributed by atoms with Crippen molar-refractivity contribution in [3.63, 3.8) is 0 Å². The van der Waals surface area contributed by atoms with Gasteiger partial charge in [-0.05, 0) is 34.3 Å². The van der Waals surface area contributed by atoms with Crippen LogP contribution in [0.5, 0.6) is 0 Å². The minimum atomic E-state index is 0.685. The van der Waals surface area contributed by atoms with E-state index in [1.165, 1.54) is 0 Å². The first-order valence-corrected chi connectivity index (χ1v) is 5.61. The van der Waals surface area contributed by atoms with E-state index < -0.39 is 0 Å². The van der Waals surface area contributed by atoms with Crippen LogP contribution in [0.1, 0.15) is 0 Å². The average molecular weight is 272 g/mol. The maximum Gasteiger partial charge on any atom is 0.0698 e. The molecular weight excluding hydrogens is 267 g/mol. The molecule has 0 amide bonds. The Kier molecular flexibility index (Phi) is 3.56. The van der Waals surface area contributed by atoms with Crippen molar-refractivity contribution < 1.29 is 0 Å². The van der Waals surface area contributed by atoms with E-state index >= 15 is 0 Å². The molecule has 0 fully saturated rings. The van der Waals surface area contributed by atoms with Crippen molar-refractivity contribution in [2.45, 2.75) is 4.90 Å². The highest BCUT2D eigenvalue weighted by Gasteiger charge is 2.06. The zero-order chi connectivity index (χ0) is 8.43. The Balaban J connectivity index is 3.29. The van der Waals surface area contributed by atoms with Crippen LogP contribution in [0.25, 0.3) is 0 Å². The lowest BCUT2D eigenvalue weighted by molar-refractivity contribution is 1.44. The summed E-state index contributed by atoms with van der Waals surface area (Å²) in [5.41, 5.74) is 0. The molecule has 0 saturated carbocycles. The Bertz CT molecular complexity index is 275. The molecule has 0 N–H and O–H groups in total. The van der Waals surface area contributed by atoms with Crippen LogP contribution in [0.4, 0.5) is 0 Å². The molecule has 0 aromatic heterocycles. The van der Waals surface area contributed by atoms with Gasteiger partial charge < -0.3 is 0 Å². The van der Waals surface area contributed by atoms with Gasteiger partial charge in [0, 0.05) is 9.37 Å². The van der Waals surface area contributed by atoms with Gasteiger partial charge in [-0.3, -0.25) is 0 Å². The van der Waals surface area contributed by atoms with Crippen LogP contribution < -0.4 is 0 Å². The van der Waals surface area contributed by atoms with Crippen molar-refractivity contribution in [2.24, 2.45) is 0 Å². The third kappa shape index (κ3) is 2.05. The predicted octanol–water partition coefficient (Wildman–Crippen LogP) is 4.48. The Labute approximate surface area is 88.4 Å². The molecule has 0 spiro atoms. The van der Waals surface area contributed by atoms with Gasteiger partial charge in [0.2, 0.25) is 0 Å². The minimum Gasteiger partial charge on any atom is -0.126 e. The molecule has 0 aliphatic heterocycles. The molecule has 0 bridgehead atoms. The summed E-state index contributed by atoms with van der Waals surface area (Å²) in [6.07, 6.45) is 1.94. The highest BCUT2D eigenvalue weighted by molar-refractivity contribution is 9.10. The standard InChI is InChI=1S/C7H5BrCl2S/c1-11-7-5(9)3-2-4(8)6(7)10/h2-3H,1H3. The maximum atomic E-state index is 5.95. The fraction of sp³-hybridized carbons (Fsp3) is 0.143. The van der Waals surface area contributed by atoms with Gasteiger partial charge in [0.15, 0.2) is 0 Å². The van der Waals surface area contributed by atoms with E-state index in [9.17, 15) is 0 Å². The summed E-state index contributed by atoms with van der Waals surface area (Å²) in [6, 6.07) is 3.66. The third-order valence-electron chi connectivity index (χ3n) is 1.21. The van der Waals surface area contributed by atoms with Gasteiger partial charge in [-0.25, -0.2) is 0 Å². The van der Waals surface area contributed by atoms with Crippen LogP contribution in [-0.4, -0.2) is 6.26 Å². The molecule has 60 valence electrons. The van der Waals surface area contributed by atoms with Crippen molar-refractivity contribution >= 4 is 50.9 Å². The lowest BCUT2D eigenvalue weighted by atomic mass is 10.4. The molecule has 0 unspecified atom stereocenters. The first kappa shape index (κ1) is 9.72. The normalized spacial score (nSPS) is 10.2. The van der Waals surface area contributed by atoms with E-state index in [4.69, 9.17) is 23.2 Å². The summed E-state index contributed by atoms with van der Waals surface area (Å²) in [5.74, 6) is 0. The topological polar surface area (TPSA) is 0 Å². The average Bonchev–Trinajstić information content (AvgIpc) is 1.99. The molecule has 0 aliphatic rings. The van der Waals surface area contributed by atoms with Crippen molar-refractivity contribution in [3.05, 3.63) is 26.7 Å². The van der Waals surface area contributed by atoms with E-state index in [0.717, 1.165) is 9.37 Å². The van der Waals surface area contributed by atoms with Crippen LogP contribution in [0.3, 0.4) is 0 Å². The number of thioether (sulfide) groups is 1. The van der Waals surface area contributed by atoms with E-state index in [1.54, 1.807) is 11.8 Å². The summed E-state index contributed by atoms with van der Waals surface area (Å²) in [7, 11) is 0. The SMILES string of the molecule is CSc1c(Cl)ccc(Br)c1Cl. The second-order valence-electron chi connectivity index (χ2n) is 1.88. The summed E-state index contributed by atoms with van der Waals surface area (Å²) >= 11 is 16.7. The summed E-state index contributed by atoms with van der Waals surface area (Å²) in [6.45, 7) is 0. The second-order valence-corrected chi connectivity index (χ2v) is 4.33. The predicted molar refractivity (Wildman–Crippen MR) is 55.9 cm³/mol. The van der Waals surface area contributed by atoms with Crippen LogP contribution in [0.2, 0.25) is 10.0 Å². The van der Waals surface area contributed by atoms with E-state index in [-0.39, 0.29) is 0 Å². The van der Waals surface area contributed by atoms with Gasteiger partial charge in [-0.1, -0.05) is 23.2 Å². The number of halogens is 3. The van der Waals surface area contributed by atoms with Crippen LogP contribution in [-0.2, 0) is 0 Å². The molecule has 0 nitrogen and oxygen atoms in total. The molecule has 0 saturated heterocycles. The van der Waals surface area contributed by atoms with Crippen molar-refractivity contribution in [1.82, 2.24) is 0 Å². The van der Waals surface area contributed by atoms with Crippen molar-refractivity contribution in [3.8, 4) is 0 Å². The Morgan fingerprint density at radius 1 is 1.36 bits per heavy atom. The van der Waals surface area contributed by atoms with Crippen molar-refractivity contribution in [2.75, 3.05) is 6.26 Å². The highest BCUT2D eigenvalue weighted by atomic mass is 79.9. The quantitative estimate of drug-likeness (QED) is 0.536. The van der Waals surface area contributed by atoms with Crippen molar-refractivity contribution in [1.29, 1.82) is 0 Å². The largest absolute Gasteiger partial charge is 0.126 e. The molecule has 1 aromatic carbocycles. The van der Waals surface area contributed by atoms with Crippen LogP contribution in [0.15, 0.2) is 21.5 Å². The van der Waals surface area contributed by atoms with Gasteiger partial charge in [-0.2, -0.15) is 0 Å². The van der Waals surface area contributed by atoms with Gasteiger partial charge >= 0.3 is 0 Å². The van der Waals surface area contributed by atoms with Crippen LogP contribution >= 0.6 is 50.9 Å². The number of rotatable bonds is 1. The molecule has 0 atom stereocenters. The summed E-state index contributed by atoms with van der Waals surface area (Å²) in [5, 5.41) is 1.38.